The fraction of sp³-hybridized carbons (Fsp3) is 0.286. The van der Waals surface area contributed by atoms with Crippen LogP contribution in [0.15, 0.2) is 77.7 Å². The lowest BCUT2D eigenvalue weighted by Gasteiger charge is -2.32. The zero-order valence-electron chi connectivity index (χ0n) is 21.8. The van der Waals surface area contributed by atoms with E-state index in [0.717, 1.165) is 16.4 Å². The molecule has 0 saturated heterocycles. The van der Waals surface area contributed by atoms with Crippen molar-refractivity contribution >= 4 is 39.1 Å². The van der Waals surface area contributed by atoms with Crippen LogP contribution in [-0.2, 0) is 26.2 Å². The fourth-order valence-electron chi connectivity index (χ4n) is 3.72. The third-order valence-electron chi connectivity index (χ3n) is 6.24. The maximum atomic E-state index is 13.9. The normalized spacial score (nSPS) is 12.9. The van der Waals surface area contributed by atoms with Crippen LogP contribution in [0.2, 0.25) is 5.02 Å². The Morgan fingerprint density at radius 3 is 2.21 bits per heavy atom. The van der Waals surface area contributed by atoms with Crippen molar-refractivity contribution in [3.05, 3.63) is 95.0 Å². The lowest BCUT2D eigenvalue weighted by Crippen LogP contribution is -2.52. The Morgan fingerprint density at radius 2 is 1.62 bits per heavy atom. The first-order valence-electron chi connectivity index (χ1n) is 12.3. The van der Waals surface area contributed by atoms with Gasteiger partial charge in [0.05, 0.1) is 15.6 Å². The van der Waals surface area contributed by atoms with E-state index in [2.05, 4.69) is 5.32 Å². The highest BCUT2D eigenvalue weighted by Crippen LogP contribution is 2.28. The fourth-order valence-corrected chi connectivity index (χ4v) is 5.33. The molecule has 0 aliphatic carbocycles. The second kappa shape index (κ2) is 13.0. The van der Waals surface area contributed by atoms with E-state index in [0.29, 0.717) is 12.0 Å². The lowest BCUT2D eigenvalue weighted by molar-refractivity contribution is -0.139. The van der Waals surface area contributed by atoms with Crippen molar-refractivity contribution in [3.63, 3.8) is 0 Å². The monoisotopic (exact) mass is 577 g/mol. The van der Waals surface area contributed by atoms with Crippen molar-refractivity contribution in [2.45, 2.75) is 50.7 Å². The van der Waals surface area contributed by atoms with Gasteiger partial charge in [0.25, 0.3) is 10.0 Å². The Morgan fingerprint density at radius 1 is 0.974 bits per heavy atom. The molecule has 0 saturated carbocycles. The highest BCUT2D eigenvalue weighted by atomic mass is 35.5. The number of carbonyl (C=O) groups excluding carboxylic acids is 2. The van der Waals surface area contributed by atoms with Gasteiger partial charge in [-0.1, -0.05) is 48.9 Å². The maximum Gasteiger partial charge on any atom is 0.264 e. The molecule has 0 heterocycles. The molecule has 0 bridgehead atoms. The Balaban J connectivity index is 2.03. The van der Waals surface area contributed by atoms with E-state index in [1.807, 2.05) is 13.8 Å². The summed E-state index contributed by atoms with van der Waals surface area (Å²) in [6.07, 6.45) is 0.665. The topological polar surface area (TPSA) is 86.8 Å². The minimum Gasteiger partial charge on any atom is -0.352 e. The largest absolute Gasteiger partial charge is 0.352 e. The van der Waals surface area contributed by atoms with Crippen LogP contribution in [0.1, 0.15) is 32.8 Å². The van der Waals surface area contributed by atoms with Crippen LogP contribution >= 0.6 is 11.6 Å². The summed E-state index contributed by atoms with van der Waals surface area (Å²) in [5, 5.41) is 2.51. The number of carbonyl (C=O) groups is 2. The van der Waals surface area contributed by atoms with E-state index in [1.165, 1.54) is 66.4 Å². The predicted molar refractivity (Wildman–Crippen MR) is 147 cm³/mol. The first-order chi connectivity index (χ1) is 18.4. The molecule has 3 rings (SSSR count). The number of nitrogens with one attached hydrogen (secondary N) is 1. The number of sulfonamides is 1. The van der Waals surface area contributed by atoms with Crippen LogP contribution in [0.25, 0.3) is 0 Å². The van der Waals surface area contributed by atoms with E-state index in [4.69, 9.17) is 11.6 Å². The summed E-state index contributed by atoms with van der Waals surface area (Å²) < 4.78 is 55.6. The highest BCUT2D eigenvalue weighted by molar-refractivity contribution is 7.92. The van der Waals surface area contributed by atoms with Crippen LogP contribution in [0.4, 0.5) is 14.5 Å². The summed E-state index contributed by atoms with van der Waals surface area (Å²) in [5.74, 6) is -2.35. The van der Waals surface area contributed by atoms with E-state index in [1.54, 1.807) is 6.07 Å². The minimum absolute atomic E-state index is 0.0305. The van der Waals surface area contributed by atoms with Gasteiger partial charge in [0.1, 0.15) is 24.2 Å². The number of anilines is 1. The molecule has 2 amide bonds. The number of halogens is 3. The average Bonchev–Trinajstić information content (AvgIpc) is 2.92. The minimum atomic E-state index is -4.31. The second-order valence-corrected chi connectivity index (χ2v) is 11.3. The molecule has 0 spiro atoms. The SMILES string of the molecule is CC[C@@H](C)NC(=O)[C@H](C)N(Cc1ccc(F)cc1)C(=O)CN(c1ccc(F)c(Cl)c1)S(=O)(=O)c1ccccc1. The molecule has 3 aromatic carbocycles. The van der Waals surface area contributed by atoms with E-state index >= 15 is 0 Å². The van der Waals surface area contributed by atoms with Gasteiger partial charge in [-0.05, 0) is 68.3 Å². The van der Waals surface area contributed by atoms with Crippen LogP contribution in [-0.4, -0.2) is 43.8 Å². The summed E-state index contributed by atoms with van der Waals surface area (Å²) >= 11 is 5.95. The molecule has 0 unspecified atom stereocenters. The summed E-state index contributed by atoms with van der Waals surface area (Å²) in [7, 11) is -4.31. The van der Waals surface area contributed by atoms with E-state index in [-0.39, 0.29) is 28.2 Å². The molecule has 0 aliphatic rings. The van der Waals surface area contributed by atoms with E-state index in [9.17, 15) is 26.8 Å². The molecule has 208 valence electrons. The second-order valence-electron chi connectivity index (χ2n) is 9.07. The van der Waals surface area contributed by atoms with Crippen molar-refractivity contribution in [1.82, 2.24) is 10.2 Å². The van der Waals surface area contributed by atoms with Gasteiger partial charge in [0.15, 0.2) is 0 Å². The van der Waals surface area contributed by atoms with Gasteiger partial charge in [0, 0.05) is 12.6 Å². The Bertz CT molecular complexity index is 1410. The van der Waals surface area contributed by atoms with Gasteiger partial charge in [-0.15, -0.1) is 0 Å². The summed E-state index contributed by atoms with van der Waals surface area (Å²) in [5.41, 5.74) is 0.507. The molecule has 7 nitrogen and oxygen atoms in total. The molecule has 3 aromatic rings. The van der Waals surface area contributed by atoms with Gasteiger partial charge in [-0.2, -0.15) is 0 Å². The third-order valence-corrected chi connectivity index (χ3v) is 8.31. The van der Waals surface area contributed by atoms with E-state index < -0.39 is 46.1 Å². The smallest absolute Gasteiger partial charge is 0.264 e. The molecule has 39 heavy (non-hydrogen) atoms. The summed E-state index contributed by atoms with van der Waals surface area (Å²) in [6, 6.07) is 15.1. The molecule has 2 atom stereocenters. The van der Waals surface area contributed by atoms with Crippen LogP contribution in [0.5, 0.6) is 0 Å². The van der Waals surface area contributed by atoms with Gasteiger partial charge in [0.2, 0.25) is 11.8 Å². The number of amides is 2. The number of rotatable bonds is 11. The average molecular weight is 578 g/mol. The quantitative estimate of drug-likeness (QED) is 0.342. The van der Waals surface area contributed by atoms with Gasteiger partial charge < -0.3 is 10.2 Å². The molecule has 1 N–H and O–H groups in total. The first-order valence-corrected chi connectivity index (χ1v) is 14.1. The molecule has 0 radical (unpaired) electrons. The van der Waals surface area contributed by atoms with Crippen molar-refractivity contribution in [2.75, 3.05) is 10.8 Å². The van der Waals surface area contributed by atoms with Crippen LogP contribution in [0, 0.1) is 11.6 Å². The molecule has 0 fully saturated rings. The van der Waals surface area contributed by atoms with Crippen molar-refractivity contribution in [2.24, 2.45) is 0 Å². The van der Waals surface area contributed by atoms with Crippen molar-refractivity contribution in [3.8, 4) is 0 Å². The number of nitrogens with zero attached hydrogens (tertiary/aromatic N) is 2. The Hall–Kier alpha value is -3.50. The zero-order valence-corrected chi connectivity index (χ0v) is 23.3. The predicted octanol–water partition coefficient (Wildman–Crippen LogP) is 5.15. The first kappa shape index (κ1) is 30.0. The van der Waals surface area contributed by atoms with Crippen LogP contribution in [0.3, 0.4) is 0 Å². The number of hydrogen-bond acceptors (Lipinski definition) is 4. The molecule has 0 aliphatic heterocycles. The van der Waals surface area contributed by atoms with Crippen molar-refractivity contribution in [1.29, 1.82) is 0 Å². The maximum absolute atomic E-state index is 13.9. The molecular weight excluding hydrogens is 548 g/mol. The van der Waals surface area contributed by atoms with Crippen molar-refractivity contribution < 1.29 is 26.8 Å². The number of hydrogen-bond donors (Lipinski definition) is 1. The molecule has 11 heteroatoms. The van der Waals surface area contributed by atoms with Gasteiger partial charge in [-0.25, -0.2) is 17.2 Å². The standard InChI is InChI=1S/C28H30ClF2N3O4S/c1-4-19(2)32-28(36)20(3)33(17-21-10-12-22(30)13-11-21)27(35)18-34(23-14-15-26(31)25(29)16-23)39(37,38)24-8-6-5-7-9-24/h5-16,19-20H,4,17-18H2,1-3H3,(H,32,36)/t19-,20+/m1/s1. The summed E-state index contributed by atoms with van der Waals surface area (Å²) in [6.45, 7) is 4.46. The summed E-state index contributed by atoms with van der Waals surface area (Å²) in [4.78, 5) is 27.9. The molecule has 0 aromatic heterocycles. The number of benzene rings is 3. The molecular formula is C28H30ClF2N3O4S. The van der Waals surface area contributed by atoms with Gasteiger partial charge in [-0.3, -0.25) is 13.9 Å². The Kier molecular flexibility index (Phi) is 10.0. The third kappa shape index (κ3) is 7.54. The Labute approximate surface area is 232 Å². The van der Waals surface area contributed by atoms with Gasteiger partial charge >= 0.3 is 0 Å². The highest BCUT2D eigenvalue weighted by Gasteiger charge is 2.33. The van der Waals surface area contributed by atoms with Crippen LogP contribution < -0.4 is 9.62 Å². The zero-order chi connectivity index (χ0) is 28.7. The lowest BCUT2D eigenvalue weighted by atomic mass is 10.1.